The molecule has 29 heavy (non-hydrogen) atoms. The second-order valence-electron chi connectivity index (χ2n) is 5.67. The maximum Gasteiger partial charge on any atom is 1.00 e. The Morgan fingerprint density at radius 1 is 0.414 bits per heavy atom. The number of carboxylic acid groups (broad SMARTS) is 5. The van der Waals surface area contributed by atoms with Crippen LogP contribution < -0.4 is 59.1 Å². The summed E-state index contributed by atoms with van der Waals surface area (Å²) in [6.07, 6.45) is 0. The molecule has 0 spiro atoms. The molecule has 0 bridgehead atoms. The molecule has 0 aromatic carbocycles. The first-order valence-corrected chi connectivity index (χ1v) is 7.75. The summed E-state index contributed by atoms with van der Waals surface area (Å²) in [5.41, 5.74) is 0. The van der Waals surface area contributed by atoms with Gasteiger partial charge in [-0.15, -0.1) is 0 Å². The average molecular weight is 439 g/mol. The molecule has 0 saturated heterocycles. The van der Waals surface area contributed by atoms with E-state index in [0.717, 1.165) is 9.80 Å². The molecule has 0 unspecified atom stereocenters. The van der Waals surface area contributed by atoms with E-state index in [2.05, 4.69) is 0 Å². The molecule has 0 aliphatic rings. The molecule has 0 aromatic rings. The Balaban J connectivity index is -0.00000338. The van der Waals surface area contributed by atoms with Gasteiger partial charge in [-0.05, 0) is 0 Å². The monoisotopic (exact) mass is 439 g/mol. The summed E-state index contributed by atoms with van der Waals surface area (Å²) >= 11 is 0. The molecular formula is C14H23N3Na2O10+2. The quantitative estimate of drug-likeness (QED) is 0.142. The molecule has 5 N–H and O–H groups in total. The van der Waals surface area contributed by atoms with Gasteiger partial charge in [0.05, 0.1) is 32.7 Å². The van der Waals surface area contributed by atoms with E-state index in [1.165, 1.54) is 4.90 Å². The molecule has 0 heterocycles. The van der Waals surface area contributed by atoms with Crippen LogP contribution in [0.4, 0.5) is 0 Å². The van der Waals surface area contributed by atoms with E-state index in [0.29, 0.717) is 0 Å². The molecule has 0 atom stereocenters. The zero-order valence-corrected chi connectivity index (χ0v) is 20.5. The van der Waals surface area contributed by atoms with Crippen LogP contribution in [0.1, 0.15) is 0 Å². The maximum atomic E-state index is 11.0. The molecule has 15 heteroatoms. The average Bonchev–Trinajstić information content (AvgIpc) is 2.46. The summed E-state index contributed by atoms with van der Waals surface area (Å²) in [7, 11) is 0. The van der Waals surface area contributed by atoms with E-state index >= 15 is 0 Å². The molecule has 0 aliphatic carbocycles. The van der Waals surface area contributed by atoms with Gasteiger partial charge >= 0.3 is 89.0 Å². The molecule has 0 fully saturated rings. The van der Waals surface area contributed by atoms with Crippen molar-refractivity contribution in [1.82, 2.24) is 14.7 Å². The third-order valence-corrected chi connectivity index (χ3v) is 3.26. The van der Waals surface area contributed by atoms with Gasteiger partial charge < -0.3 is 25.5 Å². The van der Waals surface area contributed by atoms with Crippen LogP contribution in [-0.4, -0.2) is 129 Å². The minimum Gasteiger partial charge on any atom is -0.480 e. The van der Waals surface area contributed by atoms with Crippen molar-refractivity contribution in [1.29, 1.82) is 0 Å². The number of hydrogen-bond donors (Lipinski definition) is 5. The van der Waals surface area contributed by atoms with Crippen LogP contribution >= 0.6 is 0 Å². The van der Waals surface area contributed by atoms with Gasteiger partial charge in [0.2, 0.25) is 0 Å². The van der Waals surface area contributed by atoms with Gasteiger partial charge in [0.1, 0.15) is 0 Å². The maximum absolute atomic E-state index is 11.0. The molecule has 0 radical (unpaired) electrons. The standard InChI is InChI=1S/C14H23N3O10.2Na/c18-10(19)5-15(1-3-16(6-11(20)21)7-12(22)23)2-4-17(8-13(24)25)9-14(26)27;;/h1-9H2,(H,18,19)(H,20,21)(H,22,23)(H,24,25)(H,26,27);;/q;2*+1. The van der Waals surface area contributed by atoms with Gasteiger partial charge in [-0.3, -0.25) is 38.7 Å². The van der Waals surface area contributed by atoms with E-state index in [4.69, 9.17) is 25.5 Å². The first-order chi connectivity index (χ1) is 12.5. The SMILES string of the molecule is O=C(O)CN(CCN(CC(=O)O)CC(=O)O)CCN(CC(=O)O)CC(=O)O.[Na+].[Na+]. The Hall–Kier alpha value is -0.770. The van der Waals surface area contributed by atoms with Crippen molar-refractivity contribution in [2.75, 3.05) is 58.9 Å². The van der Waals surface area contributed by atoms with Crippen LogP contribution in [-0.2, 0) is 24.0 Å². The first kappa shape index (κ1) is 32.9. The van der Waals surface area contributed by atoms with Crippen molar-refractivity contribution in [3.63, 3.8) is 0 Å². The van der Waals surface area contributed by atoms with Crippen molar-refractivity contribution in [2.45, 2.75) is 0 Å². The van der Waals surface area contributed by atoms with E-state index < -0.39 is 62.6 Å². The van der Waals surface area contributed by atoms with Crippen LogP contribution in [0.3, 0.4) is 0 Å². The first-order valence-electron chi connectivity index (χ1n) is 7.75. The summed E-state index contributed by atoms with van der Waals surface area (Å²) in [5, 5.41) is 44.1. The van der Waals surface area contributed by atoms with Crippen molar-refractivity contribution in [3.8, 4) is 0 Å². The molecule has 154 valence electrons. The van der Waals surface area contributed by atoms with E-state index in [9.17, 15) is 24.0 Å². The number of rotatable bonds is 16. The fraction of sp³-hybridized carbons (Fsp3) is 0.643. The van der Waals surface area contributed by atoms with Gasteiger partial charge in [-0.2, -0.15) is 0 Å². The van der Waals surface area contributed by atoms with Crippen LogP contribution in [0.15, 0.2) is 0 Å². The molecule has 0 rings (SSSR count). The van der Waals surface area contributed by atoms with Gasteiger partial charge in [0.15, 0.2) is 0 Å². The molecular weight excluding hydrogens is 416 g/mol. The Bertz CT molecular complexity index is 492. The third kappa shape index (κ3) is 20.3. The second-order valence-corrected chi connectivity index (χ2v) is 5.67. The predicted molar refractivity (Wildman–Crippen MR) is 87.5 cm³/mol. The van der Waals surface area contributed by atoms with Crippen molar-refractivity contribution in [3.05, 3.63) is 0 Å². The fourth-order valence-corrected chi connectivity index (χ4v) is 2.22. The number of nitrogens with zero attached hydrogens (tertiary/aromatic N) is 3. The minimum atomic E-state index is -1.24. The molecule has 0 aromatic heterocycles. The van der Waals surface area contributed by atoms with Gasteiger partial charge in [-0.1, -0.05) is 0 Å². The van der Waals surface area contributed by atoms with E-state index in [1.807, 2.05) is 0 Å². The van der Waals surface area contributed by atoms with Gasteiger partial charge in [-0.25, -0.2) is 0 Å². The minimum absolute atomic E-state index is 0. The van der Waals surface area contributed by atoms with Crippen molar-refractivity contribution >= 4 is 29.8 Å². The van der Waals surface area contributed by atoms with Crippen LogP contribution in [0.25, 0.3) is 0 Å². The number of carboxylic acids is 5. The molecule has 0 aliphatic heterocycles. The summed E-state index contributed by atoms with van der Waals surface area (Å²) in [5.74, 6) is -6.16. The van der Waals surface area contributed by atoms with E-state index in [-0.39, 0.29) is 85.3 Å². The van der Waals surface area contributed by atoms with Crippen LogP contribution in [0.2, 0.25) is 0 Å². The van der Waals surface area contributed by atoms with Crippen molar-refractivity contribution in [2.24, 2.45) is 0 Å². The van der Waals surface area contributed by atoms with Gasteiger partial charge in [0.25, 0.3) is 0 Å². The fourth-order valence-electron chi connectivity index (χ4n) is 2.22. The number of carbonyl (C=O) groups is 5. The summed E-state index contributed by atoms with van der Waals surface area (Å²) in [4.78, 5) is 57.6. The third-order valence-electron chi connectivity index (χ3n) is 3.26. The summed E-state index contributed by atoms with van der Waals surface area (Å²) in [6, 6.07) is 0. The van der Waals surface area contributed by atoms with Gasteiger partial charge in [0, 0.05) is 26.2 Å². The Labute approximate surface area is 210 Å². The smallest absolute Gasteiger partial charge is 0.480 e. The normalized spacial score (nSPS) is 10.3. The molecule has 13 nitrogen and oxygen atoms in total. The summed E-state index contributed by atoms with van der Waals surface area (Å²) in [6.45, 7) is -2.74. The zero-order chi connectivity index (χ0) is 21.0. The van der Waals surface area contributed by atoms with E-state index in [1.54, 1.807) is 0 Å². The Morgan fingerprint density at radius 2 is 0.586 bits per heavy atom. The molecule has 0 saturated carbocycles. The molecule has 0 amide bonds. The second kappa shape index (κ2) is 18.0. The Morgan fingerprint density at radius 3 is 0.793 bits per heavy atom. The van der Waals surface area contributed by atoms with Crippen molar-refractivity contribution < 1.29 is 109 Å². The zero-order valence-electron chi connectivity index (χ0n) is 16.5. The van der Waals surface area contributed by atoms with Crippen LogP contribution in [0, 0.1) is 0 Å². The summed E-state index contributed by atoms with van der Waals surface area (Å²) < 4.78 is 0. The largest absolute Gasteiger partial charge is 1.00 e. The predicted octanol–water partition coefficient (Wildman–Crippen LogP) is -8.68. The van der Waals surface area contributed by atoms with Crippen LogP contribution in [0.5, 0.6) is 0 Å². The number of hydrogen-bond acceptors (Lipinski definition) is 8. The number of aliphatic carboxylic acids is 5. The Kier molecular flexibility index (Phi) is 20.5. The topological polar surface area (TPSA) is 196 Å².